The smallest absolute Gasteiger partial charge is 0.163 e. The molecule has 1 heterocycles. The summed E-state index contributed by atoms with van der Waals surface area (Å²) in [6.45, 7) is 2.56. The zero-order valence-electron chi connectivity index (χ0n) is 11.3. The summed E-state index contributed by atoms with van der Waals surface area (Å²) in [5.74, 6) is -0.0268. The molecule has 0 saturated heterocycles. The quantitative estimate of drug-likeness (QED) is 0.856. The molecule has 1 unspecified atom stereocenters. The number of ketones is 1. The van der Waals surface area contributed by atoms with Crippen molar-refractivity contribution >= 4 is 11.5 Å². The van der Waals surface area contributed by atoms with E-state index in [2.05, 4.69) is 11.4 Å². The molecule has 0 amide bonds. The standard InChI is InChI=1S/C17H16FNO/c1-11-8-13(18)6-7-14(11)17(20)9-12-10-19-16-5-3-2-4-15(12)16/h2-8,12,19H,9-10H2,1H3. The van der Waals surface area contributed by atoms with E-state index in [0.29, 0.717) is 17.5 Å². The molecule has 0 bridgehead atoms. The first-order chi connectivity index (χ1) is 9.65. The summed E-state index contributed by atoms with van der Waals surface area (Å²) in [4.78, 5) is 12.4. The Bertz CT molecular complexity index is 666. The molecule has 0 spiro atoms. The molecule has 2 aromatic carbocycles. The highest BCUT2D eigenvalue weighted by Crippen LogP contribution is 2.34. The van der Waals surface area contributed by atoms with Crippen molar-refractivity contribution in [2.24, 2.45) is 0 Å². The van der Waals surface area contributed by atoms with Gasteiger partial charge < -0.3 is 5.32 Å². The molecule has 1 aliphatic heterocycles. The Hall–Kier alpha value is -2.16. The lowest BCUT2D eigenvalue weighted by atomic mass is 9.92. The van der Waals surface area contributed by atoms with E-state index in [-0.39, 0.29) is 17.5 Å². The first-order valence-corrected chi connectivity index (χ1v) is 6.77. The summed E-state index contributed by atoms with van der Waals surface area (Å²) in [6.07, 6.45) is 0.455. The molecule has 0 saturated carbocycles. The number of carbonyl (C=O) groups is 1. The summed E-state index contributed by atoms with van der Waals surface area (Å²) in [6, 6.07) is 12.4. The summed E-state index contributed by atoms with van der Waals surface area (Å²) >= 11 is 0. The summed E-state index contributed by atoms with van der Waals surface area (Å²) in [5.41, 5.74) is 3.63. The van der Waals surface area contributed by atoms with Crippen molar-refractivity contribution in [3.63, 3.8) is 0 Å². The fourth-order valence-electron chi connectivity index (χ4n) is 2.81. The van der Waals surface area contributed by atoms with Crippen LogP contribution in [0.1, 0.15) is 33.8 Å². The average Bonchev–Trinajstić information content (AvgIpc) is 2.82. The number of fused-ring (bicyclic) bond motifs is 1. The predicted octanol–water partition coefficient (Wildman–Crippen LogP) is 3.92. The van der Waals surface area contributed by atoms with Crippen LogP contribution in [0.25, 0.3) is 0 Å². The van der Waals surface area contributed by atoms with Crippen LogP contribution in [0.2, 0.25) is 0 Å². The number of halogens is 1. The third-order valence-electron chi connectivity index (χ3n) is 3.86. The minimum absolute atomic E-state index is 0.0750. The number of benzene rings is 2. The first kappa shape index (κ1) is 12.9. The number of hydrogen-bond donors (Lipinski definition) is 1. The van der Waals surface area contributed by atoms with Gasteiger partial charge in [0, 0.05) is 30.1 Å². The van der Waals surface area contributed by atoms with Crippen LogP contribution >= 0.6 is 0 Å². The molecule has 2 aromatic rings. The van der Waals surface area contributed by atoms with E-state index in [1.807, 2.05) is 18.2 Å². The second-order valence-corrected chi connectivity index (χ2v) is 5.25. The maximum absolute atomic E-state index is 13.1. The van der Waals surface area contributed by atoms with Gasteiger partial charge in [-0.2, -0.15) is 0 Å². The van der Waals surface area contributed by atoms with Crippen molar-refractivity contribution in [1.82, 2.24) is 0 Å². The topological polar surface area (TPSA) is 29.1 Å². The van der Waals surface area contributed by atoms with Gasteiger partial charge in [0.2, 0.25) is 0 Å². The highest BCUT2D eigenvalue weighted by molar-refractivity contribution is 5.98. The number of aryl methyl sites for hydroxylation is 1. The largest absolute Gasteiger partial charge is 0.384 e. The maximum atomic E-state index is 13.1. The van der Waals surface area contributed by atoms with Gasteiger partial charge >= 0.3 is 0 Å². The molecule has 1 N–H and O–H groups in total. The van der Waals surface area contributed by atoms with Crippen LogP contribution in [0, 0.1) is 12.7 Å². The number of para-hydroxylation sites is 1. The predicted molar refractivity (Wildman–Crippen MR) is 77.8 cm³/mol. The SMILES string of the molecule is Cc1cc(F)ccc1C(=O)CC1CNc2ccccc21. The number of nitrogens with one attached hydrogen (secondary N) is 1. The Balaban J connectivity index is 1.81. The van der Waals surface area contributed by atoms with Crippen LogP contribution in [0.15, 0.2) is 42.5 Å². The van der Waals surface area contributed by atoms with Gasteiger partial charge in [-0.05, 0) is 42.3 Å². The van der Waals surface area contributed by atoms with Gasteiger partial charge in [0.05, 0.1) is 0 Å². The zero-order valence-corrected chi connectivity index (χ0v) is 11.3. The molecule has 2 nitrogen and oxygen atoms in total. The van der Waals surface area contributed by atoms with E-state index in [9.17, 15) is 9.18 Å². The van der Waals surface area contributed by atoms with E-state index in [1.54, 1.807) is 13.0 Å². The molecule has 20 heavy (non-hydrogen) atoms. The van der Waals surface area contributed by atoms with Crippen LogP contribution in [0.4, 0.5) is 10.1 Å². The third-order valence-corrected chi connectivity index (χ3v) is 3.86. The maximum Gasteiger partial charge on any atom is 0.163 e. The van der Waals surface area contributed by atoms with Gasteiger partial charge in [-0.1, -0.05) is 18.2 Å². The zero-order chi connectivity index (χ0) is 14.1. The van der Waals surface area contributed by atoms with Crippen molar-refractivity contribution in [2.75, 3.05) is 11.9 Å². The van der Waals surface area contributed by atoms with Crippen LogP contribution in [0.3, 0.4) is 0 Å². The lowest BCUT2D eigenvalue weighted by Gasteiger charge is -2.10. The van der Waals surface area contributed by atoms with Crippen molar-refractivity contribution in [1.29, 1.82) is 0 Å². The number of hydrogen-bond acceptors (Lipinski definition) is 2. The van der Waals surface area contributed by atoms with Gasteiger partial charge in [-0.25, -0.2) is 4.39 Å². The molecule has 1 atom stereocenters. The second-order valence-electron chi connectivity index (χ2n) is 5.25. The first-order valence-electron chi connectivity index (χ1n) is 6.77. The van der Waals surface area contributed by atoms with Crippen molar-refractivity contribution in [2.45, 2.75) is 19.3 Å². The second kappa shape index (κ2) is 5.08. The molecule has 0 aromatic heterocycles. The number of rotatable bonds is 3. The van der Waals surface area contributed by atoms with Crippen molar-refractivity contribution in [3.05, 3.63) is 65.0 Å². The highest BCUT2D eigenvalue weighted by Gasteiger charge is 2.24. The highest BCUT2D eigenvalue weighted by atomic mass is 19.1. The minimum Gasteiger partial charge on any atom is -0.384 e. The van der Waals surface area contributed by atoms with Gasteiger partial charge in [0.15, 0.2) is 5.78 Å². The third kappa shape index (κ3) is 2.31. The lowest BCUT2D eigenvalue weighted by Crippen LogP contribution is -2.10. The molecule has 0 aliphatic carbocycles. The Morgan fingerprint density at radius 3 is 2.90 bits per heavy atom. The summed E-state index contributed by atoms with van der Waals surface area (Å²) in [5, 5.41) is 3.32. The van der Waals surface area contributed by atoms with E-state index >= 15 is 0 Å². The van der Waals surface area contributed by atoms with Gasteiger partial charge in [-0.3, -0.25) is 4.79 Å². The summed E-state index contributed by atoms with van der Waals surface area (Å²) in [7, 11) is 0. The molecule has 102 valence electrons. The van der Waals surface area contributed by atoms with E-state index in [4.69, 9.17) is 0 Å². The van der Waals surface area contributed by atoms with Gasteiger partial charge in [-0.15, -0.1) is 0 Å². The van der Waals surface area contributed by atoms with Gasteiger partial charge in [0.1, 0.15) is 5.82 Å². The van der Waals surface area contributed by atoms with Crippen molar-refractivity contribution in [3.8, 4) is 0 Å². The van der Waals surface area contributed by atoms with E-state index < -0.39 is 0 Å². The minimum atomic E-state index is -0.299. The normalized spacial score (nSPS) is 16.6. The van der Waals surface area contributed by atoms with Crippen molar-refractivity contribution < 1.29 is 9.18 Å². The average molecular weight is 269 g/mol. The number of anilines is 1. The molecule has 3 rings (SSSR count). The molecule has 0 radical (unpaired) electrons. The van der Waals surface area contributed by atoms with Gasteiger partial charge in [0.25, 0.3) is 0 Å². The molecular weight excluding hydrogens is 253 g/mol. The summed E-state index contributed by atoms with van der Waals surface area (Å²) < 4.78 is 13.1. The van der Waals surface area contributed by atoms with E-state index in [1.165, 1.54) is 17.7 Å². The Morgan fingerprint density at radius 1 is 1.30 bits per heavy atom. The number of Topliss-reactive ketones (excluding diaryl/α,β-unsaturated/α-hetero) is 1. The monoisotopic (exact) mass is 269 g/mol. The molecule has 1 aliphatic rings. The molecule has 0 fully saturated rings. The van der Waals surface area contributed by atoms with Crippen LogP contribution in [-0.2, 0) is 0 Å². The Morgan fingerprint density at radius 2 is 2.10 bits per heavy atom. The molecular formula is C17H16FNO. The Kier molecular flexibility index (Phi) is 3.26. The van der Waals surface area contributed by atoms with E-state index in [0.717, 1.165) is 12.2 Å². The van der Waals surface area contributed by atoms with Crippen LogP contribution in [0.5, 0.6) is 0 Å². The number of carbonyl (C=O) groups excluding carboxylic acids is 1. The van der Waals surface area contributed by atoms with Crippen LogP contribution < -0.4 is 5.32 Å². The lowest BCUT2D eigenvalue weighted by molar-refractivity contribution is 0.0975. The molecule has 3 heteroatoms. The van der Waals surface area contributed by atoms with Crippen LogP contribution in [-0.4, -0.2) is 12.3 Å². The fraction of sp³-hybridized carbons (Fsp3) is 0.235. The Labute approximate surface area is 117 Å². The fourth-order valence-corrected chi connectivity index (χ4v) is 2.81.